The Labute approximate surface area is 148 Å². The van der Waals surface area contributed by atoms with Crippen molar-refractivity contribution >= 4 is 15.7 Å². The zero-order valence-corrected chi connectivity index (χ0v) is 15.3. The Balaban J connectivity index is 2.01. The number of carbonyl (C=O) groups excluding carboxylic acids is 1. The average molecular weight is 362 g/mol. The van der Waals surface area contributed by atoms with Crippen molar-refractivity contribution in [1.29, 1.82) is 0 Å². The minimum atomic E-state index is -3.42. The number of benzene rings is 1. The van der Waals surface area contributed by atoms with Gasteiger partial charge in [0.25, 0.3) is 0 Å². The normalized spacial score (nSPS) is 13.7. The Hall–Kier alpha value is -2.41. The second-order valence-corrected chi connectivity index (χ2v) is 8.25. The van der Waals surface area contributed by atoms with Crippen LogP contribution in [0.15, 0.2) is 48.7 Å². The lowest BCUT2D eigenvalue weighted by atomic mass is 10.1. The Morgan fingerprint density at radius 2 is 1.96 bits per heavy atom. The van der Waals surface area contributed by atoms with Gasteiger partial charge in [0.1, 0.15) is 17.6 Å². The highest BCUT2D eigenvalue weighted by atomic mass is 32.2. The van der Waals surface area contributed by atoms with E-state index in [2.05, 4.69) is 10.3 Å². The predicted octanol–water partition coefficient (Wildman–Crippen LogP) is 2.27. The van der Waals surface area contributed by atoms with Crippen molar-refractivity contribution in [1.82, 2.24) is 10.3 Å². The number of sulfone groups is 1. The molecule has 0 saturated heterocycles. The number of amides is 1. The standard InChI is InChI=1S/C18H22N2O4S/c1-13(20-18(21)14(2)25(3,22)23)15-7-6-9-17(11-15)24-12-16-8-4-5-10-19-16/h4-11,13-14H,12H2,1-3H3,(H,20,21)/t13-,14-/m0/s1. The Morgan fingerprint density at radius 1 is 1.20 bits per heavy atom. The van der Waals surface area contributed by atoms with Gasteiger partial charge in [0, 0.05) is 12.5 Å². The Morgan fingerprint density at radius 3 is 2.60 bits per heavy atom. The van der Waals surface area contributed by atoms with Gasteiger partial charge in [-0.05, 0) is 43.7 Å². The molecule has 0 fully saturated rings. The van der Waals surface area contributed by atoms with Gasteiger partial charge in [-0.2, -0.15) is 0 Å². The van der Waals surface area contributed by atoms with Crippen molar-refractivity contribution in [2.24, 2.45) is 0 Å². The topological polar surface area (TPSA) is 85.4 Å². The number of hydrogen-bond acceptors (Lipinski definition) is 5. The molecule has 0 aliphatic rings. The number of hydrogen-bond donors (Lipinski definition) is 1. The highest BCUT2D eigenvalue weighted by molar-refractivity contribution is 7.92. The van der Waals surface area contributed by atoms with Crippen LogP contribution < -0.4 is 10.1 Å². The van der Waals surface area contributed by atoms with E-state index in [1.807, 2.05) is 42.5 Å². The second kappa shape index (κ2) is 8.11. The SMILES string of the molecule is C[C@H](NC(=O)[C@H](C)S(C)(=O)=O)c1cccc(OCc2ccccn2)c1. The van der Waals surface area contributed by atoms with Crippen LogP contribution in [0.4, 0.5) is 0 Å². The first kappa shape index (κ1) is 18.9. The molecule has 0 saturated carbocycles. The molecule has 1 aromatic carbocycles. The third-order valence-corrected chi connectivity index (χ3v) is 5.34. The van der Waals surface area contributed by atoms with Crippen molar-refractivity contribution in [2.75, 3.05) is 6.26 Å². The summed E-state index contributed by atoms with van der Waals surface area (Å²) >= 11 is 0. The van der Waals surface area contributed by atoms with E-state index in [0.29, 0.717) is 12.4 Å². The van der Waals surface area contributed by atoms with Gasteiger partial charge in [0.05, 0.1) is 11.7 Å². The van der Waals surface area contributed by atoms with E-state index in [4.69, 9.17) is 4.74 Å². The Bertz CT molecular complexity index is 822. The van der Waals surface area contributed by atoms with E-state index >= 15 is 0 Å². The molecule has 0 unspecified atom stereocenters. The fraction of sp³-hybridized carbons (Fsp3) is 0.333. The van der Waals surface area contributed by atoms with E-state index in [9.17, 15) is 13.2 Å². The van der Waals surface area contributed by atoms with Gasteiger partial charge in [-0.1, -0.05) is 18.2 Å². The van der Waals surface area contributed by atoms with Gasteiger partial charge in [-0.3, -0.25) is 9.78 Å². The quantitative estimate of drug-likeness (QED) is 0.817. The summed E-state index contributed by atoms with van der Waals surface area (Å²) < 4.78 is 28.7. The highest BCUT2D eigenvalue weighted by Gasteiger charge is 2.24. The predicted molar refractivity (Wildman–Crippen MR) is 95.9 cm³/mol. The molecule has 1 heterocycles. The van der Waals surface area contributed by atoms with Crippen LogP contribution in [0.1, 0.15) is 31.1 Å². The van der Waals surface area contributed by atoms with Crippen LogP contribution in [0.25, 0.3) is 0 Å². The number of carbonyl (C=O) groups is 1. The highest BCUT2D eigenvalue weighted by Crippen LogP contribution is 2.20. The van der Waals surface area contributed by atoms with Crippen LogP contribution in [0.3, 0.4) is 0 Å². The van der Waals surface area contributed by atoms with E-state index in [1.165, 1.54) is 6.92 Å². The summed E-state index contributed by atoms with van der Waals surface area (Å²) in [7, 11) is -3.42. The molecule has 1 aromatic heterocycles. The molecule has 0 aliphatic heterocycles. The minimum Gasteiger partial charge on any atom is -0.487 e. The summed E-state index contributed by atoms with van der Waals surface area (Å²) in [5.41, 5.74) is 1.64. The molecule has 25 heavy (non-hydrogen) atoms. The van der Waals surface area contributed by atoms with Gasteiger partial charge in [-0.25, -0.2) is 8.42 Å². The molecule has 2 aromatic rings. The number of ether oxygens (including phenoxy) is 1. The maximum Gasteiger partial charge on any atom is 0.238 e. The van der Waals surface area contributed by atoms with Crippen LogP contribution in [0.2, 0.25) is 0 Å². The van der Waals surface area contributed by atoms with Crippen LogP contribution >= 0.6 is 0 Å². The molecule has 6 nitrogen and oxygen atoms in total. The molecular weight excluding hydrogens is 340 g/mol. The largest absolute Gasteiger partial charge is 0.487 e. The minimum absolute atomic E-state index is 0.338. The van der Waals surface area contributed by atoms with Crippen molar-refractivity contribution in [3.05, 3.63) is 59.9 Å². The molecule has 0 radical (unpaired) electrons. The maximum atomic E-state index is 12.0. The molecule has 0 spiro atoms. The molecule has 7 heteroatoms. The fourth-order valence-corrected chi connectivity index (χ4v) is 2.58. The van der Waals surface area contributed by atoms with Crippen LogP contribution in [-0.2, 0) is 21.2 Å². The van der Waals surface area contributed by atoms with Gasteiger partial charge >= 0.3 is 0 Å². The number of nitrogens with one attached hydrogen (secondary N) is 1. The molecule has 2 rings (SSSR count). The summed E-state index contributed by atoms with van der Waals surface area (Å²) in [4.78, 5) is 16.2. The molecule has 0 bridgehead atoms. The molecule has 2 atom stereocenters. The number of pyridine rings is 1. The summed E-state index contributed by atoms with van der Waals surface area (Å²) in [6.45, 7) is 3.52. The summed E-state index contributed by atoms with van der Waals surface area (Å²) in [5, 5.41) is 1.63. The van der Waals surface area contributed by atoms with E-state index in [-0.39, 0.29) is 6.04 Å². The van der Waals surface area contributed by atoms with Crippen molar-refractivity contribution in [3.8, 4) is 5.75 Å². The summed E-state index contributed by atoms with van der Waals surface area (Å²) in [5.74, 6) is 0.134. The zero-order valence-electron chi connectivity index (χ0n) is 14.5. The third-order valence-electron chi connectivity index (χ3n) is 3.84. The molecule has 1 amide bonds. The lowest BCUT2D eigenvalue weighted by Gasteiger charge is -2.18. The van der Waals surface area contributed by atoms with Crippen molar-refractivity contribution in [2.45, 2.75) is 31.7 Å². The molecule has 134 valence electrons. The van der Waals surface area contributed by atoms with Crippen LogP contribution in [-0.4, -0.2) is 30.8 Å². The molecular formula is C18H22N2O4S. The smallest absolute Gasteiger partial charge is 0.238 e. The lowest BCUT2D eigenvalue weighted by Crippen LogP contribution is -2.38. The molecule has 0 aliphatic carbocycles. The number of nitrogens with zero attached hydrogens (tertiary/aromatic N) is 1. The average Bonchev–Trinajstić information content (AvgIpc) is 2.59. The Kier molecular flexibility index (Phi) is 6.14. The third kappa shape index (κ3) is 5.56. The van der Waals surface area contributed by atoms with Crippen molar-refractivity contribution < 1.29 is 17.9 Å². The number of rotatable bonds is 7. The zero-order chi connectivity index (χ0) is 18.4. The first-order chi connectivity index (χ1) is 11.8. The van der Waals surface area contributed by atoms with Gasteiger partial charge in [0.2, 0.25) is 5.91 Å². The van der Waals surface area contributed by atoms with Gasteiger partial charge in [-0.15, -0.1) is 0 Å². The lowest BCUT2D eigenvalue weighted by molar-refractivity contribution is -0.121. The van der Waals surface area contributed by atoms with Crippen molar-refractivity contribution in [3.63, 3.8) is 0 Å². The second-order valence-electron chi connectivity index (χ2n) is 5.88. The van der Waals surface area contributed by atoms with Gasteiger partial charge in [0.15, 0.2) is 9.84 Å². The van der Waals surface area contributed by atoms with Gasteiger partial charge < -0.3 is 10.1 Å². The van der Waals surface area contributed by atoms with E-state index < -0.39 is 21.0 Å². The fourth-order valence-electron chi connectivity index (χ4n) is 2.12. The monoisotopic (exact) mass is 362 g/mol. The van der Waals surface area contributed by atoms with E-state index in [0.717, 1.165) is 17.5 Å². The maximum absolute atomic E-state index is 12.0. The van der Waals surface area contributed by atoms with E-state index in [1.54, 1.807) is 13.1 Å². The summed E-state index contributed by atoms with van der Waals surface area (Å²) in [6, 6.07) is 12.6. The number of aromatic nitrogens is 1. The first-order valence-corrected chi connectivity index (χ1v) is 9.84. The molecule has 1 N–H and O–H groups in total. The first-order valence-electron chi connectivity index (χ1n) is 7.89. The van der Waals surface area contributed by atoms with Crippen LogP contribution in [0, 0.1) is 0 Å². The summed E-state index contributed by atoms with van der Waals surface area (Å²) in [6.07, 6.45) is 2.75. The van der Waals surface area contributed by atoms with Crippen LogP contribution in [0.5, 0.6) is 5.75 Å².